The molecular formula is C6H16N4O13S3. The Bertz CT molecular complexity index is 766. The molecule has 1 saturated heterocycles. The first kappa shape index (κ1) is 23.4. The van der Waals surface area contributed by atoms with Gasteiger partial charge in [0.05, 0.1) is 12.7 Å². The molecular weight excluding hydrogens is 432 g/mol. The summed E-state index contributed by atoms with van der Waals surface area (Å²) >= 11 is 0. The van der Waals surface area contributed by atoms with Gasteiger partial charge in [-0.05, 0) is 0 Å². The zero-order chi connectivity index (χ0) is 20.2. The van der Waals surface area contributed by atoms with Gasteiger partial charge in [-0.3, -0.25) is 0 Å². The van der Waals surface area contributed by atoms with E-state index in [0.717, 1.165) is 0 Å². The van der Waals surface area contributed by atoms with E-state index in [4.69, 9.17) is 4.74 Å². The molecule has 0 bridgehead atoms. The molecule has 0 amide bonds. The molecule has 0 spiro atoms. The van der Waals surface area contributed by atoms with Crippen molar-refractivity contribution in [2.75, 3.05) is 6.61 Å². The molecule has 0 aromatic rings. The largest absolute Gasteiger partial charge is 0.416 e. The summed E-state index contributed by atoms with van der Waals surface area (Å²) in [6.45, 7) is -0.799. The third kappa shape index (κ3) is 7.20. The molecule has 0 radical (unpaired) electrons. The van der Waals surface area contributed by atoms with Crippen LogP contribution in [0.4, 0.5) is 0 Å². The molecule has 8 N–H and O–H groups in total. The van der Waals surface area contributed by atoms with Gasteiger partial charge in [0.15, 0.2) is 6.29 Å². The van der Waals surface area contributed by atoms with Crippen LogP contribution in [0.25, 0.3) is 0 Å². The minimum absolute atomic E-state index is 0.530. The summed E-state index contributed by atoms with van der Waals surface area (Å²) in [6, 6.07) is -1.77. The number of nitrogens with one attached hydrogen (secondary N) is 1. The average Bonchev–Trinajstić information content (AvgIpc) is 2.56. The van der Waals surface area contributed by atoms with Gasteiger partial charge in [0.2, 0.25) is 0 Å². The van der Waals surface area contributed by atoms with Crippen molar-refractivity contribution in [2.24, 2.45) is 17.7 Å². The molecule has 1 rings (SSSR count). The Morgan fingerprint density at radius 3 is 2.08 bits per heavy atom. The molecule has 0 aromatic heterocycles. The first-order chi connectivity index (χ1) is 11.8. The smallest absolute Gasteiger partial charge is 0.366 e. The highest BCUT2D eigenvalue weighted by Gasteiger charge is 2.44. The lowest BCUT2D eigenvalue weighted by molar-refractivity contribution is -0.206. The van der Waals surface area contributed by atoms with Crippen molar-refractivity contribution >= 4 is 31.1 Å². The van der Waals surface area contributed by atoms with Gasteiger partial charge in [0, 0.05) is 6.42 Å². The van der Waals surface area contributed by atoms with Crippen molar-refractivity contribution in [3.05, 3.63) is 0 Å². The molecule has 1 aliphatic heterocycles. The van der Waals surface area contributed by atoms with Crippen LogP contribution in [0.3, 0.4) is 0 Å². The second-order valence-corrected chi connectivity index (χ2v) is 8.29. The van der Waals surface area contributed by atoms with Crippen molar-refractivity contribution in [1.29, 1.82) is 0 Å². The van der Waals surface area contributed by atoms with E-state index in [9.17, 15) is 30.4 Å². The number of hydrogen-bond donors (Lipinski definition) is 5. The zero-order valence-electron chi connectivity index (χ0n) is 12.5. The predicted octanol–water partition coefficient (Wildman–Crippen LogP) is -5.14. The van der Waals surface area contributed by atoms with Crippen LogP contribution in [0, 0.1) is 0 Å². The van der Waals surface area contributed by atoms with Crippen LogP contribution < -0.4 is 22.4 Å². The second-order valence-electron chi connectivity index (χ2n) is 4.51. The number of rotatable bonds is 10. The Labute approximate surface area is 148 Å². The van der Waals surface area contributed by atoms with Gasteiger partial charge in [0.1, 0.15) is 12.1 Å². The standard InChI is InChI=1S/C6H16N4O13S3/c7-21-24(12,13)10-5-4(20-26(16,17)23-9)1-3(19-6(5)11)2-18-25(14,15)22-8/h3-6,10-11H,1-2,7-9H2. The summed E-state index contributed by atoms with van der Waals surface area (Å²) in [4.78, 5) is 0. The number of aliphatic hydroxyl groups is 1. The second kappa shape index (κ2) is 9.07. The van der Waals surface area contributed by atoms with Crippen LogP contribution in [0.5, 0.6) is 0 Å². The molecule has 0 saturated carbocycles. The molecule has 20 heteroatoms. The first-order valence-electron chi connectivity index (χ1n) is 6.18. The lowest BCUT2D eigenvalue weighted by Crippen LogP contribution is -2.59. The summed E-state index contributed by atoms with van der Waals surface area (Å²) in [6.07, 6.45) is -5.60. The van der Waals surface area contributed by atoms with Crippen LogP contribution in [0.15, 0.2) is 0 Å². The number of aliphatic hydroxyl groups excluding tert-OH is 1. The van der Waals surface area contributed by atoms with E-state index < -0.39 is 68.7 Å². The van der Waals surface area contributed by atoms with Crippen LogP contribution in [-0.4, -0.2) is 61.5 Å². The highest BCUT2D eigenvalue weighted by atomic mass is 32.3. The van der Waals surface area contributed by atoms with Gasteiger partial charge in [0.25, 0.3) is 0 Å². The van der Waals surface area contributed by atoms with Crippen LogP contribution in [0.2, 0.25) is 0 Å². The Morgan fingerprint density at radius 1 is 1.00 bits per heavy atom. The van der Waals surface area contributed by atoms with E-state index >= 15 is 0 Å². The van der Waals surface area contributed by atoms with E-state index in [1.807, 2.05) is 0 Å². The van der Waals surface area contributed by atoms with Crippen molar-refractivity contribution in [1.82, 2.24) is 4.72 Å². The summed E-state index contributed by atoms with van der Waals surface area (Å²) in [5, 5.41) is 9.87. The summed E-state index contributed by atoms with van der Waals surface area (Å²) in [5.74, 6) is 13.5. The maximum atomic E-state index is 11.4. The van der Waals surface area contributed by atoms with E-state index in [2.05, 4.69) is 38.9 Å². The normalized spacial score (nSPS) is 28.2. The lowest BCUT2D eigenvalue weighted by Gasteiger charge is -2.37. The van der Waals surface area contributed by atoms with E-state index in [-0.39, 0.29) is 0 Å². The Balaban J connectivity index is 2.99. The fourth-order valence-electron chi connectivity index (χ4n) is 1.82. The molecule has 0 aliphatic carbocycles. The van der Waals surface area contributed by atoms with Crippen molar-refractivity contribution < 1.29 is 56.3 Å². The molecule has 0 aromatic carbocycles. The minimum Gasteiger partial charge on any atom is -0.366 e. The minimum atomic E-state index is -4.81. The van der Waals surface area contributed by atoms with Crippen molar-refractivity contribution in [3.8, 4) is 0 Å². The maximum Gasteiger partial charge on any atom is 0.416 e. The quantitative estimate of drug-likeness (QED) is 0.195. The van der Waals surface area contributed by atoms with Crippen LogP contribution in [-0.2, 0) is 57.1 Å². The fourth-order valence-corrected chi connectivity index (χ4v) is 3.40. The molecule has 17 nitrogen and oxygen atoms in total. The van der Waals surface area contributed by atoms with E-state index in [1.165, 1.54) is 0 Å². The Hall–Kier alpha value is -0.590. The third-order valence-electron chi connectivity index (χ3n) is 2.82. The van der Waals surface area contributed by atoms with Gasteiger partial charge >= 0.3 is 31.1 Å². The van der Waals surface area contributed by atoms with Crippen molar-refractivity contribution in [2.45, 2.75) is 31.0 Å². The van der Waals surface area contributed by atoms with E-state index in [1.54, 1.807) is 4.72 Å². The van der Waals surface area contributed by atoms with Gasteiger partial charge in [-0.1, -0.05) is 0 Å². The summed E-state index contributed by atoms with van der Waals surface area (Å²) in [7, 11) is -14.0. The summed E-state index contributed by atoms with van der Waals surface area (Å²) < 4.78 is 93.4. The third-order valence-corrected chi connectivity index (χ3v) is 5.01. The van der Waals surface area contributed by atoms with Gasteiger partial charge < -0.3 is 9.84 Å². The zero-order valence-corrected chi connectivity index (χ0v) is 15.0. The first-order valence-corrected chi connectivity index (χ1v) is 10.3. The van der Waals surface area contributed by atoms with Gasteiger partial charge in [-0.2, -0.15) is 60.5 Å². The van der Waals surface area contributed by atoms with Gasteiger partial charge in [-0.25, -0.2) is 8.37 Å². The monoisotopic (exact) mass is 448 g/mol. The maximum absolute atomic E-state index is 11.4. The molecule has 4 atom stereocenters. The Kier molecular flexibility index (Phi) is 8.18. The SMILES string of the molecule is NOS(=O)(=O)NC1C(O)OC(COS(=O)(=O)ON)CC1OS(=O)(=O)ON. The molecule has 1 heterocycles. The van der Waals surface area contributed by atoms with Gasteiger partial charge in [-0.15, -0.1) is 0 Å². The highest BCUT2D eigenvalue weighted by molar-refractivity contribution is 7.84. The number of nitrogens with two attached hydrogens (primary N) is 3. The molecule has 4 unspecified atom stereocenters. The fraction of sp³-hybridized carbons (Fsp3) is 1.00. The number of ether oxygens (including phenoxy) is 1. The molecule has 1 aliphatic rings. The molecule has 26 heavy (non-hydrogen) atoms. The Morgan fingerprint density at radius 2 is 1.58 bits per heavy atom. The average molecular weight is 448 g/mol. The molecule has 1 fully saturated rings. The van der Waals surface area contributed by atoms with Crippen molar-refractivity contribution in [3.63, 3.8) is 0 Å². The molecule has 156 valence electrons. The topological polar surface area (TPSA) is 268 Å². The van der Waals surface area contributed by atoms with Crippen LogP contribution in [0.1, 0.15) is 6.42 Å². The van der Waals surface area contributed by atoms with Crippen LogP contribution >= 0.6 is 0 Å². The highest BCUT2D eigenvalue weighted by Crippen LogP contribution is 2.24. The number of hydrogen-bond acceptors (Lipinski definition) is 16. The lowest BCUT2D eigenvalue weighted by atomic mass is 10.0. The van der Waals surface area contributed by atoms with E-state index in [0.29, 0.717) is 0 Å². The summed E-state index contributed by atoms with van der Waals surface area (Å²) in [5.41, 5.74) is 0. The predicted molar refractivity (Wildman–Crippen MR) is 75.8 cm³/mol.